The average Bonchev–Trinajstić information content (AvgIpc) is 2.30. The number of nitrogens with zero attached hydrogens (tertiary/aromatic N) is 1. The maximum absolute atomic E-state index is 5.41. The zero-order valence-corrected chi connectivity index (χ0v) is 10.5. The summed E-state index contributed by atoms with van der Waals surface area (Å²) in [7, 11) is 0. The first-order valence-electron chi connectivity index (χ1n) is 6.31. The standard InChI is InChI=1S/C12H26N2O/c1-4-12(5-2)11-14(8-7-13-12)9-10-15-6-3/h13H,4-11H2,1-3H3. The van der Waals surface area contributed by atoms with Crippen LogP contribution in [0.2, 0.25) is 0 Å². The van der Waals surface area contributed by atoms with Crippen LogP contribution < -0.4 is 5.32 Å². The van der Waals surface area contributed by atoms with E-state index >= 15 is 0 Å². The number of rotatable bonds is 6. The van der Waals surface area contributed by atoms with Gasteiger partial charge in [-0.25, -0.2) is 0 Å². The Morgan fingerprint density at radius 3 is 2.60 bits per heavy atom. The summed E-state index contributed by atoms with van der Waals surface area (Å²) in [5.41, 5.74) is 0.352. The van der Waals surface area contributed by atoms with Crippen LogP contribution in [0.1, 0.15) is 33.6 Å². The SMILES string of the molecule is CCOCCN1CCNC(CC)(CC)C1. The predicted octanol–water partition coefficient (Wildman–Crippen LogP) is 1.49. The van der Waals surface area contributed by atoms with Crippen molar-refractivity contribution in [3.05, 3.63) is 0 Å². The molecule has 0 unspecified atom stereocenters. The van der Waals surface area contributed by atoms with Gasteiger partial charge in [-0.15, -0.1) is 0 Å². The minimum atomic E-state index is 0.352. The first-order valence-corrected chi connectivity index (χ1v) is 6.31. The predicted molar refractivity (Wildman–Crippen MR) is 64.2 cm³/mol. The van der Waals surface area contributed by atoms with Gasteiger partial charge in [0.25, 0.3) is 0 Å². The number of hydrogen-bond acceptors (Lipinski definition) is 3. The van der Waals surface area contributed by atoms with Gasteiger partial charge in [0.05, 0.1) is 6.61 Å². The largest absolute Gasteiger partial charge is 0.380 e. The Balaban J connectivity index is 2.34. The fourth-order valence-corrected chi connectivity index (χ4v) is 2.29. The molecular weight excluding hydrogens is 188 g/mol. The van der Waals surface area contributed by atoms with Crippen LogP contribution in [-0.4, -0.2) is 49.8 Å². The lowest BCUT2D eigenvalue weighted by molar-refractivity contribution is 0.0744. The number of ether oxygens (including phenoxy) is 1. The third-order valence-electron chi connectivity index (χ3n) is 3.56. The van der Waals surface area contributed by atoms with Crippen LogP contribution in [0.3, 0.4) is 0 Å². The molecule has 3 nitrogen and oxygen atoms in total. The van der Waals surface area contributed by atoms with Crippen molar-refractivity contribution >= 4 is 0 Å². The summed E-state index contributed by atoms with van der Waals surface area (Å²) in [5.74, 6) is 0. The average molecular weight is 214 g/mol. The molecule has 0 spiro atoms. The molecule has 0 bridgehead atoms. The highest BCUT2D eigenvalue weighted by molar-refractivity contribution is 4.92. The van der Waals surface area contributed by atoms with E-state index in [1.54, 1.807) is 0 Å². The quantitative estimate of drug-likeness (QED) is 0.678. The molecule has 15 heavy (non-hydrogen) atoms. The highest BCUT2D eigenvalue weighted by Crippen LogP contribution is 2.19. The minimum Gasteiger partial charge on any atom is -0.380 e. The van der Waals surface area contributed by atoms with Crippen molar-refractivity contribution in [2.75, 3.05) is 39.4 Å². The van der Waals surface area contributed by atoms with E-state index in [1.807, 2.05) is 0 Å². The monoisotopic (exact) mass is 214 g/mol. The fraction of sp³-hybridized carbons (Fsp3) is 1.00. The van der Waals surface area contributed by atoms with E-state index < -0.39 is 0 Å². The van der Waals surface area contributed by atoms with Gasteiger partial charge in [0, 0.05) is 38.3 Å². The molecule has 0 radical (unpaired) electrons. The molecule has 0 atom stereocenters. The molecule has 1 fully saturated rings. The van der Waals surface area contributed by atoms with Crippen LogP contribution >= 0.6 is 0 Å². The van der Waals surface area contributed by atoms with Gasteiger partial charge in [0.15, 0.2) is 0 Å². The smallest absolute Gasteiger partial charge is 0.0593 e. The van der Waals surface area contributed by atoms with E-state index in [-0.39, 0.29) is 0 Å². The molecule has 3 heteroatoms. The molecule has 0 saturated carbocycles. The molecule has 1 saturated heterocycles. The number of piperazine rings is 1. The molecular formula is C12H26N2O. The van der Waals surface area contributed by atoms with Crippen molar-refractivity contribution in [1.82, 2.24) is 10.2 Å². The Morgan fingerprint density at radius 1 is 1.27 bits per heavy atom. The van der Waals surface area contributed by atoms with Gasteiger partial charge in [-0.1, -0.05) is 13.8 Å². The Kier molecular flexibility index (Phi) is 5.58. The van der Waals surface area contributed by atoms with Gasteiger partial charge in [-0.2, -0.15) is 0 Å². The first-order chi connectivity index (χ1) is 7.26. The first kappa shape index (κ1) is 12.9. The van der Waals surface area contributed by atoms with E-state index in [1.165, 1.54) is 19.4 Å². The lowest BCUT2D eigenvalue weighted by Gasteiger charge is -2.43. The van der Waals surface area contributed by atoms with E-state index in [0.717, 1.165) is 32.8 Å². The van der Waals surface area contributed by atoms with Crippen LogP contribution in [0.25, 0.3) is 0 Å². The maximum atomic E-state index is 5.41. The summed E-state index contributed by atoms with van der Waals surface area (Å²) in [4.78, 5) is 2.53. The summed E-state index contributed by atoms with van der Waals surface area (Å²) >= 11 is 0. The maximum Gasteiger partial charge on any atom is 0.0593 e. The molecule has 0 aromatic heterocycles. The van der Waals surface area contributed by atoms with Crippen LogP contribution in [0.5, 0.6) is 0 Å². The normalized spacial score (nSPS) is 21.8. The van der Waals surface area contributed by atoms with Crippen LogP contribution in [0.15, 0.2) is 0 Å². The van der Waals surface area contributed by atoms with Crippen LogP contribution in [0, 0.1) is 0 Å². The van der Waals surface area contributed by atoms with Crippen LogP contribution in [-0.2, 0) is 4.74 Å². The van der Waals surface area contributed by atoms with Crippen LogP contribution in [0.4, 0.5) is 0 Å². The molecule has 0 aliphatic carbocycles. The second-order valence-corrected chi connectivity index (χ2v) is 4.39. The zero-order chi connectivity index (χ0) is 11.1. The molecule has 90 valence electrons. The third kappa shape index (κ3) is 3.74. The second kappa shape index (κ2) is 6.46. The summed E-state index contributed by atoms with van der Waals surface area (Å²) in [5, 5.41) is 3.67. The van der Waals surface area contributed by atoms with Gasteiger partial charge < -0.3 is 10.1 Å². The van der Waals surface area contributed by atoms with E-state index in [0.29, 0.717) is 5.54 Å². The van der Waals surface area contributed by atoms with E-state index in [9.17, 15) is 0 Å². The van der Waals surface area contributed by atoms with Crippen molar-refractivity contribution in [2.24, 2.45) is 0 Å². The lowest BCUT2D eigenvalue weighted by atomic mass is 9.90. The molecule has 1 rings (SSSR count). The Morgan fingerprint density at radius 2 is 2.00 bits per heavy atom. The summed E-state index contributed by atoms with van der Waals surface area (Å²) in [6.07, 6.45) is 2.43. The highest BCUT2D eigenvalue weighted by atomic mass is 16.5. The van der Waals surface area contributed by atoms with Gasteiger partial charge in [-0.05, 0) is 19.8 Å². The fourth-order valence-electron chi connectivity index (χ4n) is 2.29. The molecule has 1 N–H and O–H groups in total. The zero-order valence-electron chi connectivity index (χ0n) is 10.5. The third-order valence-corrected chi connectivity index (χ3v) is 3.56. The topological polar surface area (TPSA) is 24.5 Å². The number of hydrogen-bond donors (Lipinski definition) is 1. The summed E-state index contributed by atoms with van der Waals surface area (Å²) in [6.45, 7) is 12.9. The minimum absolute atomic E-state index is 0.352. The molecule has 0 aromatic rings. The Hall–Kier alpha value is -0.120. The van der Waals surface area contributed by atoms with E-state index in [4.69, 9.17) is 4.74 Å². The van der Waals surface area contributed by atoms with Crippen molar-refractivity contribution in [3.8, 4) is 0 Å². The van der Waals surface area contributed by atoms with Crippen molar-refractivity contribution < 1.29 is 4.74 Å². The van der Waals surface area contributed by atoms with E-state index in [2.05, 4.69) is 31.0 Å². The summed E-state index contributed by atoms with van der Waals surface area (Å²) < 4.78 is 5.41. The van der Waals surface area contributed by atoms with Gasteiger partial charge in [0.1, 0.15) is 0 Å². The molecule has 1 heterocycles. The van der Waals surface area contributed by atoms with Gasteiger partial charge in [-0.3, -0.25) is 4.90 Å². The highest BCUT2D eigenvalue weighted by Gasteiger charge is 2.31. The van der Waals surface area contributed by atoms with Crippen molar-refractivity contribution in [1.29, 1.82) is 0 Å². The van der Waals surface area contributed by atoms with Crippen molar-refractivity contribution in [2.45, 2.75) is 39.2 Å². The lowest BCUT2D eigenvalue weighted by Crippen LogP contribution is -2.60. The molecule has 0 aromatic carbocycles. The number of nitrogens with one attached hydrogen (secondary N) is 1. The Bertz CT molecular complexity index is 169. The van der Waals surface area contributed by atoms with Gasteiger partial charge in [0.2, 0.25) is 0 Å². The summed E-state index contributed by atoms with van der Waals surface area (Å²) in [6, 6.07) is 0. The van der Waals surface area contributed by atoms with Gasteiger partial charge >= 0.3 is 0 Å². The second-order valence-electron chi connectivity index (χ2n) is 4.39. The molecule has 1 aliphatic heterocycles. The molecule has 0 amide bonds. The molecule has 1 aliphatic rings. The Labute approximate surface area is 94.2 Å². The van der Waals surface area contributed by atoms with Crippen molar-refractivity contribution in [3.63, 3.8) is 0 Å².